The minimum Gasteiger partial charge on any atom is -0.497 e. The van der Waals surface area contributed by atoms with Gasteiger partial charge in [0.2, 0.25) is 5.43 Å². The van der Waals surface area contributed by atoms with Gasteiger partial charge in [-0.15, -0.1) is 0 Å². The lowest BCUT2D eigenvalue weighted by molar-refractivity contribution is 0.0694. The van der Waals surface area contributed by atoms with E-state index >= 15 is 0 Å². The maximum absolute atomic E-state index is 13.1. The molecule has 38 heavy (non-hydrogen) atoms. The molecule has 10 heteroatoms. The number of carbonyl (C=O) groups is 1. The van der Waals surface area contributed by atoms with Gasteiger partial charge in [-0.25, -0.2) is 18.2 Å². The Bertz CT molecular complexity index is 1740. The minimum atomic E-state index is -3.80. The van der Waals surface area contributed by atoms with Gasteiger partial charge in [-0.3, -0.25) is 4.79 Å². The van der Waals surface area contributed by atoms with Gasteiger partial charge in [0.1, 0.15) is 32.4 Å². The van der Waals surface area contributed by atoms with Crippen molar-refractivity contribution < 1.29 is 23.1 Å². The second-order valence-corrected chi connectivity index (χ2v) is 11.6. The Kier molecular flexibility index (Phi) is 6.83. The Morgan fingerprint density at radius 1 is 0.974 bits per heavy atom. The molecule has 0 bridgehead atoms. The number of rotatable bonds is 8. The number of pyridine rings is 1. The van der Waals surface area contributed by atoms with Crippen LogP contribution >= 0.6 is 11.3 Å². The van der Waals surface area contributed by atoms with E-state index in [4.69, 9.17) is 4.74 Å². The van der Waals surface area contributed by atoms with Crippen LogP contribution in [0.5, 0.6) is 5.75 Å². The first-order chi connectivity index (χ1) is 18.3. The standard InChI is InChI=1S/C28H22N2O6S2/c1-36-20-12-14-21(15-13-20)38(34,35)17-23-29-24-26(31)22(28(32)33)16-30(27(24)37-23)25(18-8-4-2-5-9-18)19-10-6-3-7-11-19/h2-16,25H,17H2,1H3,(H,32,33). The second-order valence-electron chi connectivity index (χ2n) is 8.50. The Balaban J connectivity index is 1.70. The van der Waals surface area contributed by atoms with Crippen LogP contribution in [0.15, 0.2) is 101 Å². The van der Waals surface area contributed by atoms with Gasteiger partial charge in [-0.1, -0.05) is 72.0 Å². The molecule has 0 aliphatic heterocycles. The summed E-state index contributed by atoms with van der Waals surface area (Å²) in [5.41, 5.74) is 0.450. The molecular formula is C28H22N2O6S2. The van der Waals surface area contributed by atoms with Crippen LogP contribution in [0.25, 0.3) is 10.3 Å². The molecule has 5 aromatic rings. The fourth-order valence-corrected chi connectivity index (χ4v) is 6.95. The van der Waals surface area contributed by atoms with Crippen LogP contribution < -0.4 is 10.2 Å². The van der Waals surface area contributed by atoms with E-state index in [-0.39, 0.29) is 15.4 Å². The summed E-state index contributed by atoms with van der Waals surface area (Å²) in [6.45, 7) is 0. The van der Waals surface area contributed by atoms with Crippen molar-refractivity contribution in [3.63, 3.8) is 0 Å². The third kappa shape index (κ3) is 4.83. The molecule has 0 atom stereocenters. The van der Waals surface area contributed by atoms with E-state index in [1.54, 1.807) is 16.7 Å². The van der Waals surface area contributed by atoms with Crippen molar-refractivity contribution in [3.8, 4) is 5.75 Å². The zero-order valence-electron chi connectivity index (χ0n) is 20.1. The normalized spacial score (nSPS) is 11.6. The maximum Gasteiger partial charge on any atom is 0.341 e. The van der Waals surface area contributed by atoms with Gasteiger partial charge in [0, 0.05) is 6.20 Å². The van der Waals surface area contributed by atoms with Crippen LogP contribution in [0, 0.1) is 0 Å². The highest BCUT2D eigenvalue weighted by Gasteiger charge is 2.26. The Morgan fingerprint density at radius 2 is 1.55 bits per heavy atom. The smallest absolute Gasteiger partial charge is 0.341 e. The van der Waals surface area contributed by atoms with Gasteiger partial charge in [0.25, 0.3) is 0 Å². The van der Waals surface area contributed by atoms with Crippen LogP contribution in [0.1, 0.15) is 32.5 Å². The summed E-state index contributed by atoms with van der Waals surface area (Å²) >= 11 is 1.06. The number of benzene rings is 3. The molecule has 0 unspecified atom stereocenters. The Morgan fingerprint density at radius 3 is 2.08 bits per heavy atom. The molecule has 0 saturated heterocycles. The van der Waals surface area contributed by atoms with E-state index in [1.165, 1.54) is 25.4 Å². The van der Waals surface area contributed by atoms with Gasteiger partial charge in [0.05, 0.1) is 18.0 Å². The van der Waals surface area contributed by atoms with Gasteiger partial charge < -0.3 is 14.4 Å². The summed E-state index contributed by atoms with van der Waals surface area (Å²) in [5.74, 6) is -1.30. The van der Waals surface area contributed by atoms with Crippen LogP contribution in [-0.2, 0) is 15.6 Å². The molecule has 0 spiro atoms. The van der Waals surface area contributed by atoms with Crippen LogP contribution in [0.2, 0.25) is 0 Å². The molecule has 0 fully saturated rings. The summed E-state index contributed by atoms with van der Waals surface area (Å²) in [7, 11) is -2.31. The lowest BCUT2D eigenvalue weighted by atomic mass is 9.98. The van der Waals surface area contributed by atoms with Crippen molar-refractivity contribution in [2.75, 3.05) is 7.11 Å². The number of hydrogen-bond donors (Lipinski definition) is 1. The summed E-state index contributed by atoms with van der Waals surface area (Å²) in [6, 6.07) is 24.5. The number of carboxylic acid groups (broad SMARTS) is 1. The lowest BCUT2D eigenvalue weighted by Crippen LogP contribution is -2.21. The number of methoxy groups -OCH3 is 1. The zero-order valence-corrected chi connectivity index (χ0v) is 21.8. The van der Waals surface area contributed by atoms with E-state index < -0.39 is 38.6 Å². The number of ether oxygens (including phenoxy) is 1. The number of aromatic carboxylic acids is 1. The summed E-state index contributed by atoms with van der Waals surface area (Å²) in [6.07, 6.45) is 1.32. The monoisotopic (exact) mass is 546 g/mol. The maximum atomic E-state index is 13.1. The number of hydrogen-bond acceptors (Lipinski definition) is 7. The molecule has 1 N–H and O–H groups in total. The summed E-state index contributed by atoms with van der Waals surface area (Å²) in [4.78, 5) is 30.0. The van der Waals surface area contributed by atoms with Crippen molar-refractivity contribution in [3.05, 3.63) is 123 Å². The van der Waals surface area contributed by atoms with Crippen molar-refractivity contribution >= 4 is 37.5 Å². The predicted octanol–water partition coefficient (Wildman–Crippen LogP) is 4.78. The lowest BCUT2D eigenvalue weighted by Gasteiger charge is -2.23. The Labute approximate surface area is 222 Å². The third-order valence-electron chi connectivity index (χ3n) is 6.09. The van der Waals surface area contributed by atoms with Gasteiger partial charge in [0.15, 0.2) is 9.84 Å². The van der Waals surface area contributed by atoms with Crippen molar-refractivity contribution in [2.45, 2.75) is 16.7 Å². The average molecular weight is 547 g/mol. The molecule has 3 aromatic carbocycles. The van der Waals surface area contributed by atoms with E-state index in [2.05, 4.69) is 4.98 Å². The van der Waals surface area contributed by atoms with E-state index in [0.717, 1.165) is 22.5 Å². The first kappa shape index (κ1) is 25.4. The highest BCUT2D eigenvalue weighted by Crippen LogP contribution is 2.33. The first-order valence-corrected chi connectivity index (χ1v) is 14.0. The van der Waals surface area contributed by atoms with E-state index in [0.29, 0.717) is 10.6 Å². The Hall–Kier alpha value is -4.28. The molecule has 0 amide bonds. The topological polar surface area (TPSA) is 116 Å². The molecule has 8 nitrogen and oxygen atoms in total. The van der Waals surface area contributed by atoms with Crippen molar-refractivity contribution in [1.29, 1.82) is 0 Å². The fraction of sp³-hybridized carbons (Fsp3) is 0.107. The highest BCUT2D eigenvalue weighted by molar-refractivity contribution is 7.90. The van der Waals surface area contributed by atoms with E-state index in [1.807, 2.05) is 60.7 Å². The molecule has 0 aliphatic carbocycles. The van der Waals surface area contributed by atoms with Crippen LogP contribution in [0.3, 0.4) is 0 Å². The highest BCUT2D eigenvalue weighted by atomic mass is 32.2. The largest absolute Gasteiger partial charge is 0.497 e. The molecule has 5 rings (SSSR count). The second kappa shape index (κ2) is 10.2. The van der Waals surface area contributed by atoms with Crippen molar-refractivity contribution in [2.24, 2.45) is 0 Å². The van der Waals surface area contributed by atoms with Crippen LogP contribution in [-0.4, -0.2) is 36.2 Å². The molecule has 0 aliphatic rings. The quantitative estimate of drug-likeness (QED) is 0.298. The molecular weight excluding hydrogens is 524 g/mol. The summed E-state index contributed by atoms with van der Waals surface area (Å²) < 4.78 is 33.1. The molecule has 2 heterocycles. The molecule has 0 radical (unpaired) electrons. The number of thiazole rings is 1. The van der Waals surface area contributed by atoms with Crippen molar-refractivity contribution in [1.82, 2.24) is 9.55 Å². The zero-order chi connectivity index (χ0) is 26.9. The first-order valence-electron chi connectivity index (χ1n) is 11.5. The van der Waals surface area contributed by atoms with Gasteiger partial charge >= 0.3 is 5.97 Å². The fourth-order valence-electron chi connectivity index (χ4n) is 4.28. The number of aromatic nitrogens is 2. The SMILES string of the molecule is COc1ccc(S(=O)(=O)Cc2nc3c(=O)c(C(=O)O)cn(C(c4ccccc4)c4ccccc4)c3s2)cc1. The number of carboxylic acids is 1. The third-order valence-corrected chi connectivity index (χ3v) is 8.98. The minimum absolute atomic E-state index is 0.0771. The predicted molar refractivity (Wildman–Crippen MR) is 145 cm³/mol. The van der Waals surface area contributed by atoms with E-state index in [9.17, 15) is 23.1 Å². The number of sulfone groups is 1. The molecule has 2 aromatic heterocycles. The molecule has 0 saturated carbocycles. The number of fused-ring (bicyclic) bond motifs is 1. The van der Waals surface area contributed by atoms with Gasteiger partial charge in [-0.2, -0.15) is 0 Å². The number of nitrogens with zero attached hydrogens (tertiary/aromatic N) is 2. The van der Waals surface area contributed by atoms with Gasteiger partial charge in [-0.05, 0) is 35.4 Å². The average Bonchev–Trinajstić information content (AvgIpc) is 3.35. The molecule has 192 valence electrons. The summed E-state index contributed by atoms with van der Waals surface area (Å²) in [5, 5.41) is 10.00. The van der Waals surface area contributed by atoms with Crippen LogP contribution in [0.4, 0.5) is 0 Å².